The van der Waals surface area contributed by atoms with Gasteiger partial charge < -0.3 is 4.74 Å². The van der Waals surface area contributed by atoms with E-state index in [2.05, 4.69) is 4.74 Å². The zero-order valence-electron chi connectivity index (χ0n) is 9.15. The summed E-state index contributed by atoms with van der Waals surface area (Å²) in [6.07, 6.45) is -4.70. The van der Waals surface area contributed by atoms with Crippen LogP contribution in [0.15, 0.2) is 18.2 Å². The monoisotopic (exact) mass is 272 g/mol. The summed E-state index contributed by atoms with van der Waals surface area (Å²) in [6, 6.07) is 4.37. The normalized spacial score (nSPS) is 11.2. The maximum atomic E-state index is 11.9. The Morgan fingerprint density at radius 1 is 1.25 bits per heavy atom. The van der Waals surface area contributed by atoms with Gasteiger partial charge in [0.15, 0.2) is 0 Å². The molecule has 6 heteroatoms. The quantitative estimate of drug-likeness (QED) is 0.733. The predicted octanol–water partition coefficient (Wildman–Crippen LogP) is 4.20. The van der Waals surface area contributed by atoms with Crippen molar-refractivity contribution < 1.29 is 17.9 Å². The molecule has 0 N–H and O–H groups in total. The Balaban J connectivity index is 0.00000106. The summed E-state index contributed by atoms with van der Waals surface area (Å²) in [6.45, 7) is 5.86. The second kappa shape index (κ2) is 6.97. The summed E-state index contributed by atoms with van der Waals surface area (Å²) in [5.41, 5.74) is 0. The van der Waals surface area contributed by atoms with Gasteiger partial charge in [-0.05, 0) is 24.1 Å². The fourth-order valence-electron chi connectivity index (χ4n) is 0.862. The third kappa shape index (κ3) is 5.57. The minimum absolute atomic E-state index is 0.0377. The van der Waals surface area contributed by atoms with Gasteiger partial charge in [0.1, 0.15) is 5.75 Å². The van der Waals surface area contributed by atoms with E-state index >= 15 is 0 Å². The van der Waals surface area contributed by atoms with Gasteiger partial charge in [0.05, 0.1) is 5.02 Å². The Bertz CT molecular complexity index is 328. The van der Waals surface area contributed by atoms with E-state index in [1.165, 1.54) is 12.1 Å². The van der Waals surface area contributed by atoms with Crippen molar-refractivity contribution in [3.63, 3.8) is 0 Å². The van der Waals surface area contributed by atoms with Crippen LogP contribution in [0.25, 0.3) is 0 Å². The maximum Gasteiger partial charge on any atom is 0.573 e. The molecule has 92 valence electrons. The molecule has 1 rings (SSSR count). The van der Waals surface area contributed by atoms with Crippen molar-refractivity contribution in [3.8, 4) is 5.75 Å². The number of hydrogen-bond donors (Lipinski definition) is 0. The molecule has 0 amide bonds. The number of ether oxygens (including phenoxy) is 1. The van der Waals surface area contributed by atoms with Gasteiger partial charge in [0, 0.05) is 0 Å². The summed E-state index contributed by atoms with van der Waals surface area (Å²) < 4.78 is 39.4. The Hall–Kier alpha value is -0.470. The Kier molecular flexibility index (Phi) is 6.77. The highest BCUT2D eigenvalue weighted by Gasteiger charge is 2.32. The Labute approximate surface area is 99.7 Å². The van der Waals surface area contributed by atoms with Crippen molar-refractivity contribution >= 4 is 25.5 Å². The van der Waals surface area contributed by atoms with Crippen LogP contribution in [0, 0.1) is 0 Å². The van der Waals surface area contributed by atoms with Gasteiger partial charge in [-0.1, -0.05) is 40.1 Å². The first-order valence-electron chi connectivity index (χ1n) is 4.65. The smallest absolute Gasteiger partial charge is 0.404 e. The second-order valence-electron chi connectivity index (χ2n) is 2.44. The zero-order chi connectivity index (χ0) is 12.8. The lowest BCUT2D eigenvalue weighted by Gasteiger charge is -2.11. The highest BCUT2D eigenvalue weighted by molar-refractivity contribution is 7.46. The largest absolute Gasteiger partial charge is 0.573 e. The lowest BCUT2D eigenvalue weighted by Crippen LogP contribution is -2.18. The third-order valence-corrected chi connectivity index (χ3v) is 2.65. The average molecular weight is 273 g/mol. The first kappa shape index (κ1) is 15.5. The van der Waals surface area contributed by atoms with Gasteiger partial charge in [0.25, 0.3) is 0 Å². The molecule has 1 atom stereocenters. The summed E-state index contributed by atoms with van der Waals surface area (Å²) in [4.78, 5) is 0. The number of benzene rings is 1. The fraction of sp³-hybridized carbons (Fsp3) is 0.400. The first-order valence-corrected chi connectivity index (χ1v) is 6.53. The van der Waals surface area contributed by atoms with Crippen LogP contribution in [-0.4, -0.2) is 13.0 Å². The molecule has 0 spiro atoms. The van der Waals surface area contributed by atoms with E-state index in [9.17, 15) is 13.2 Å². The molecule has 0 fully saturated rings. The van der Waals surface area contributed by atoms with Gasteiger partial charge >= 0.3 is 6.36 Å². The highest BCUT2D eigenvalue weighted by atomic mass is 35.5. The second-order valence-corrected chi connectivity index (χ2v) is 3.93. The van der Waals surface area contributed by atoms with Gasteiger partial charge in [-0.25, -0.2) is 0 Å². The molecule has 0 heterocycles. The molecule has 1 aromatic carbocycles. The molecule has 1 unspecified atom stereocenters. The molecular weight excluding hydrogens is 260 g/mol. The molecule has 0 aromatic heterocycles. The highest BCUT2D eigenvalue weighted by Crippen LogP contribution is 2.29. The number of hydrogen-bond acceptors (Lipinski definition) is 1. The molecule has 0 bridgehead atoms. The molecule has 0 aliphatic heterocycles. The first-order chi connectivity index (χ1) is 7.42. The molecule has 0 aliphatic rings. The van der Waals surface area contributed by atoms with Crippen LogP contribution >= 0.6 is 20.2 Å². The molecule has 1 aromatic rings. The molecule has 0 saturated heterocycles. The topological polar surface area (TPSA) is 9.23 Å². The van der Waals surface area contributed by atoms with Crippen molar-refractivity contribution in [2.75, 3.05) is 6.66 Å². The van der Waals surface area contributed by atoms with E-state index < -0.39 is 6.36 Å². The summed E-state index contributed by atoms with van der Waals surface area (Å²) in [5.74, 6) is -0.342. The number of alkyl halides is 3. The predicted molar refractivity (Wildman–Crippen MR) is 63.4 cm³/mol. The van der Waals surface area contributed by atoms with Crippen LogP contribution in [0.2, 0.25) is 5.02 Å². The van der Waals surface area contributed by atoms with E-state index in [0.717, 1.165) is 5.30 Å². The van der Waals surface area contributed by atoms with Crippen LogP contribution in [0.1, 0.15) is 13.8 Å². The Morgan fingerprint density at radius 2 is 1.81 bits per heavy atom. The van der Waals surface area contributed by atoms with E-state index in [1.54, 1.807) is 6.07 Å². The molecule has 16 heavy (non-hydrogen) atoms. The standard InChI is InChI=1S/C8H7ClF3OP.C2H6/c1-14-5-2-3-6(9)7(4-5)13-8(10,11)12;1-2/h2-4,14H,1H3;1-2H3. The molecule has 1 nitrogen and oxygen atoms in total. The zero-order valence-corrected chi connectivity index (χ0v) is 10.9. The van der Waals surface area contributed by atoms with Crippen molar-refractivity contribution in [1.29, 1.82) is 0 Å². The lowest BCUT2D eigenvalue weighted by atomic mass is 10.3. The molecule has 0 saturated carbocycles. The van der Waals surface area contributed by atoms with Crippen LogP contribution < -0.4 is 10.0 Å². The summed E-state index contributed by atoms with van der Waals surface area (Å²) in [7, 11) is 0.403. The fourth-order valence-corrected chi connectivity index (χ4v) is 1.54. The molecule has 0 radical (unpaired) electrons. The van der Waals surface area contributed by atoms with Crippen LogP contribution in [0.5, 0.6) is 5.75 Å². The van der Waals surface area contributed by atoms with Crippen LogP contribution in [0.3, 0.4) is 0 Å². The maximum absolute atomic E-state index is 11.9. The third-order valence-electron chi connectivity index (χ3n) is 1.45. The van der Waals surface area contributed by atoms with Crippen molar-refractivity contribution in [1.82, 2.24) is 0 Å². The summed E-state index contributed by atoms with van der Waals surface area (Å²) >= 11 is 5.54. The molecule has 0 aliphatic carbocycles. The van der Waals surface area contributed by atoms with E-state index in [-0.39, 0.29) is 10.8 Å². The Morgan fingerprint density at radius 3 is 2.25 bits per heavy atom. The number of rotatable bonds is 2. The van der Waals surface area contributed by atoms with Crippen molar-refractivity contribution in [2.45, 2.75) is 20.2 Å². The van der Waals surface area contributed by atoms with E-state index in [0.29, 0.717) is 8.58 Å². The van der Waals surface area contributed by atoms with Gasteiger partial charge in [-0.2, -0.15) is 0 Å². The SMILES string of the molecule is CC.CPc1ccc(Cl)c(OC(F)(F)F)c1. The van der Waals surface area contributed by atoms with Crippen LogP contribution in [-0.2, 0) is 0 Å². The average Bonchev–Trinajstić information content (AvgIpc) is 2.22. The minimum Gasteiger partial charge on any atom is -0.404 e. The van der Waals surface area contributed by atoms with E-state index in [1.807, 2.05) is 20.5 Å². The summed E-state index contributed by atoms with van der Waals surface area (Å²) in [5, 5.41) is 0.734. The number of halogens is 4. The van der Waals surface area contributed by atoms with Gasteiger partial charge in [-0.15, -0.1) is 13.2 Å². The van der Waals surface area contributed by atoms with Gasteiger partial charge in [-0.3, -0.25) is 0 Å². The lowest BCUT2D eigenvalue weighted by molar-refractivity contribution is -0.274. The molecular formula is C10H13ClF3OP. The minimum atomic E-state index is -4.70. The van der Waals surface area contributed by atoms with Crippen molar-refractivity contribution in [2.24, 2.45) is 0 Å². The van der Waals surface area contributed by atoms with Crippen molar-refractivity contribution in [3.05, 3.63) is 23.2 Å². The van der Waals surface area contributed by atoms with Crippen LogP contribution in [0.4, 0.5) is 13.2 Å². The van der Waals surface area contributed by atoms with Gasteiger partial charge in [0.2, 0.25) is 0 Å². The van der Waals surface area contributed by atoms with E-state index in [4.69, 9.17) is 11.6 Å².